The number of carbonyl (C=O) groups excluding carboxylic acids is 2. The first-order chi connectivity index (χ1) is 15.9. The van der Waals surface area contributed by atoms with E-state index in [1.807, 2.05) is 0 Å². The smallest absolute Gasteiger partial charge is 0.335 e. The molecule has 0 fully saturated rings. The molecule has 3 aromatic rings. The standard InChI is InChI=1S/C25H22N2O6/c1-32-21-11-7-6-10-17(21)14-20(27-23(28)16-8-4-3-5-9-16)24(29)26-19-15-18(25(30)31)12-13-22(19)33-2/h3-15H,1-2H3,(H,26,29)(H,27,28)(H,30,31). The number of ether oxygens (including phenoxy) is 2. The average molecular weight is 446 g/mol. The number of aromatic carboxylic acids is 1. The first kappa shape index (κ1) is 23.1. The van der Waals surface area contributed by atoms with Gasteiger partial charge < -0.3 is 25.2 Å². The fourth-order valence-corrected chi connectivity index (χ4v) is 3.01. The van der Waals surface area contributed by atoms with E-state index < -0.39 is 17.8 Å². The van der Waals surface area contributed by atoms with Crippen LogP contribution in [-0.4, -0.2) is 37.1 Å². The van der Waals surface area contributed by atoms with Gasteiger partial charge in [-0.1, -0.05) is 36.4 Å². The van der Waals surface area contributed by atoms with Crippen LogP contribution in [0.25, 0.3) is 6.08 Å². The molecule has 8 nitrogen and oxygen atoms in total. The molecule has 0 spiro atoms. The molecule has 3 N–H and O–H groups in total. The third kappa shape index (κ3) is 5.76. The van der Waals surface area contributed by atoms with Crippen LogP contribution in [0, 0.1) is 0 Å². The number of para-hydroxylation sites is 1. The largest absolute Gasteiger partial charge is 0.496 e. The lowest BCUT2D eigenvalue weighted by atomic mass is 10.1. The molecule has 0 aliphatic rings. The average Bonchev–Trinajstić information content (AvgIpc) is 2.84. The fourth-order valence-electron chi connectivity index (χ4n) is 3.01. The van der Waals surface area contributed by atoms with E-state index in [2.05, 4.69) is 10.6 Å². The molecule has 8 heteroatoms. The van der Waals surface area contributed by atoms with Gasteiger partial charge in [-0.15, -0.1) is 0 Å². The SMILES string of the molecule is COc1ccccc1C=C(NC(=O)c1ccccc1)C(=O)Nc1cc(C(=O)O)ccc1OC. The summed E-state index contributed by atoms with van der Waals surface area (Å²) in [6, 6.07) is 19.5. The quantitative estimate of drug-likeness (QED) is 0.454. The van der Waals surface area contributed by atoms with E-state index in [9.17, 15) is 19.5 Å². The number of amides is 2. The summed E-state index contributed by atoms with van der Waals surface area (Å²) in [6.45, 7) is 0. The maximum Gasteiger partial charge on any atom is 0.335 e. The zero-order valence-electron chi connectivity index (χ0n) is 18.0. The highest BCUT2D eigenvalue weighted by atomic mass is 16.5. The number of nitrogens with one attached hydrogen (secondary N) is 2. The normalized spacial score (nSPS) is 10.8. The van der Waals surface area contributed by atoms with Gasteiger partial charge in [0.1, 0.15) is 17.2 Å². The van der Waals surface area contributed by atoms with Crippen molar-refractivity contribution in [2.45, 2.75) is 0 Å². The molecule has 0 unspecified atom stereocenters. The Hall–Kier alpha value is -4.59. The van der Waals surface area contributed by atoms with E-state index in [0.29, 0.717) is 16.9 Å². The number of carboxylic acid groups (broad SMARTS) is 1. The third-order valence-corrected chi connectivity index (χ3v) is 4.66. The minimum atomic E-state index is -1.16. The van der Waals surface area contributed by atoms with Crippen LogP contribution in [0.4, 0.5) is 5.69 Å². The van der Waals surface area contributed by atoms with Gasteiger partial charge in [-0.25, -0.2) is 4.79 Å². The van der Waals surface area contributed by atoms with Gasteiger partial charge in [-0.2, -0.15) is 0 Å². The molecule has 0 aliphatic carbocycles. The van der Waals surface area contributed by atoms with Gasteiger partial charge in [-0.3, -0.25) is 9.59 Å². The summed E-state index contributed by atoms with van der Waals surface area (Å²) < 4.78 is 10.6. The van der Waals surface area contributed by atoms with Gasteiger partial charge in [-0.05, 0) is 42.5 Å². The summed E-state index contributed by atoms with van der Waals surface area (Å²) in [4.78, 5) is 37.3. The number of methoxy groups -OCH3 is 2. The predicted molar refractivity (Wildman–Crippen MR) is 123 cm³/mol. The topological polar surface area (TPSA) is 114 Å². The van der Waals surface area contributed by atoms with E-state index in [0.717, 1.165) is 0 Å². The van der Waals surface area contributed by atoms with Crippen LogP contribution in [0.2, 0.25) is 0 Å². The Morgan fingerprint density at radius 3 is 2.15 bits per heavy atom. The molecular weight excluding hydrogens is 424 g/mol. The molecule has 0 aliphatic heterocycles. The highest BCUT2D eigenvalue weighted by Gasteiger charge is 2.18. The third-order valence-electron chi connectivity index (χ3n) is 4.66. The summed E-state index contributed by atoms with van der Waals surface area (Å²) in [6.07, 6.45) is 1.47. The lowest BCUT2D eigenvalue weighted by molar-refractivity contribution is -0.113. The Morgan fingerprint density at radius 2 is 1.48 bits per heavy atom. The molecule has 0 heterocycles. The van der Waals surface area contributed by atoms with Crippen molar-refractivity contribution in [3.8, 4) is 11.5 Å². The first-order valence-electron chi connectivity index (χ1n) is 9.86. The van der Waals surface area contributed by atoms with Crippen molar-refractivity contribution in [3.05, 3.63) is 95.2 Å². The van der Waals surface area contributed by atoms with Crippen molar-refractivity contribution < 1.29 is 29.0 Å². The van der Waals surface area contributed by atoms with Crippen molar-refractivity contribution in [2.75, 3.05) is 19.5 Å². The molecule has 0 aromatic heterocycles. The van der Waals surface area contributed by atoms with Crippen molar-refractivity contribution in [2.24, 2.45) is 0 Å². The number of anilines is 1. The van der Waals surface area contributed by atoms with Crippen LogP contribution in [0.1, 0.15) is 26.3 Å². The van der Waals surface area contributed by atoms with Crippen LogP contribution in [0.5, 0.6) is 11.5 Å². The Balaban J connectivity index is 1.99. The zero-order valence-corrected chi connectivity index (χ0v) is 18.0. The minimum Gasteiger partial charge on any atom is -0.496 e. The summed E-state index contributed by atoms with van der Waals surface area (Å²) >= 11 is 0. The fraction of sp³-hybridized carbons (Fsp3) is 0.0800. The van der Waals surface area contributed by atoms with Crippen molar-refractivity contribution in [1.82, 2.24) is 5.32 Å². The zero-order chi connectivity index (χ0) is 23.8. The Morgan fingerprint density at radius 1 is 0.818 bits per heavy atom. The van der Waals surface area contributed by atoms with Crippen molar-refractivity contribution in [1.29, 1.82) is 0 Å². The number of rotatable bonds is 8. The molecular formula is C25H22N2O6. The minimum absolute atomic E-state index is 0.0327. The number of carboxylic acids is 1. The summed E-state index contributed by atoms with van der Waals surface area (Å²) in [5.74, 6) is -1.55. The monoisotopic (exact) mass is 446 g/mol. The number of hydrogen-bond donors (Lipinski definition) is 3. The molecule has 3 rings (SSSR count). The molecule has 0 saturated carbocycles. The molecule has 0 saturated heterocycles. The molecule has 33 heavy (non-hydrogen) atoms. The van der Waals surface area contributed by atoms with Crippen molar-refractivity contribution >= 4 is 29.5 Å². The second kappa shape index (κ2) is 10.6. The lowest BCUT2D eigenvalue weighted by Gasteiger charge is -2.14. The molecule has 3 aromatic carbocycles. The second-order valence-corrected chi connectivity index (χ2v) is 6.79. The van der Waals surface area contributed by atoms with Crippen LogP contribution in [-0.2, 0) is 4.79 Å². The van der Waals surface area contributed by atoms with E-state index in [4.69, 9.17) is 9.47 Å². The van der Waals surface area contributed by atoms with E-state index in [1.165, 1.54) is 38.5 Å². The van der Waals surface area contributed by atoms with Gasteiger partial charge >= 0.3 is 5.97 Å². The van der Waals surface area contributed by atoms with E-state index in [1.54, 1.807) is 54.6 Å². The van der Waals surface area contributed by atoms with Crippen LogP contribution in [0.3, 0.4) is 0 Å². The Labute approximate surface area is 190 Å². The lowest BCUT2D eigenvalue weighted by Crippen LogP contribution is -2.31. The molecule has 0 radical (unpaired) electrons. The van der Waals surface area contributed by atoms with Gasteiger partial charge in [0, 0.05) is 11.1 Å². The van der Waals surface area contributed by atoms with Crippen LogP contribution < -0.4 is 20.1 Å². The van der Waals surface area contributed by atoms with Gasteiger partial charge in [0.15, 0.2) is 0 Å². The Kier molecular flexibility index (Phi) is 7.43. The molecule has 0 atom stereocenters. The number of benzene rings is 3. The molecule has 168 valence electrons. The van der Waals surface area contributed by atoms with E-state index in [-0.39, 0.29) is 22.7 Å². The van der Waals surface area contributed by atoms with E-state index >= 15 is 0 Å². The van der Waals surface area contributed by atoms with Crippen LogP contribution >= 0.6 is 0 Å². The summed E-state index contributed by atoms with van der Waals surface area (Å²) in [5, 5.41) is 14.5. The van der Waals surface area contributed by atoms with Gasteiger partial charge in [0.25, 0.3) is 11.8 Å². The first-order valence-corrected chi connectivity index (χ1v) is 9.86. The molecule has 0 bridgehead atoms. The van der Waals surface area contributed by atoms with Crippen molar-refractivity contribution in [3.63, 3.8) is 0 Å². The van der Waals surface area contributed by atoms with Crippen LogP contribution in [0.15, 0.2) is 78.5 Å². The second-order valence-electron chi connectivity index (χ2n) is 6.79. The number of hydrogen-bond acceptors (Lipinski definition) is 5. The number of carbonyl (C=O) groups is 3. The highest BCUT2D eigenvalue weighted by Crippen LogP contribution is 2.27. The summed E-state index contributed by atoms with van der Waals surface area (Å²) in [5.41, 5.74) is 0.958. The maximum absolute atomic E-state index is 13.2. The molecule has 2 amide bonds. The maximum atomic E-state index is 13.2. The highest BCUT2D eigenvalue weighted by molar-refractivity contribution is 6.11. The summed E-state index contributed by atoms with van der Waals surface area (Å²) in [7, 11) is 2.89. The van der Waals surface area contributed by atoms with Gasteiger partial charge in [0.2, 0.25) is 0 Å². The Bertz CT molecular complexity index is 1200. The predicted octanol–water partition coefficient (Wildman–Crippen LogP) is 3.81. The van der Waals surface area contributed by atoms with Gasteiger partial charge in [0.05, 0.1) is 25.5 Å².